The molecule has 2 amide bonds. The van der Waals surface area contributed by atoms with Gasteiger partial charge in [0.2, 0.25) is 5.91 Å². The zero-order valence-corrected chi connectivity index (χ0v) is 17.2. The number of para-hydroxylation sites is 1. The molecule has 0 bridgehead atoms. The van der Waals surface area contributed by atoms with Crippen LogP contribution in [0.5, 0.6) is 0 Å². The number of hydrogen-bond acceptors (Lipinski definition) is 3. The summed E-state index contributed by atoms with van der Waals surface area (Å²) in [7, 11) is 0. The zero-order valence-electron chi connectivity index (χ0n) is 16.3. The van der Waals surface area contributed by atoms with Crippen LogP contribution < -0.4 is 4.90 Å². The quantitative estimate of drug-likeness (QED) is 0.444. The molecule has 0 spiro atoms. The smallest absolute Gasteiger partial charge is 0.251 e. The summed E-state index contributed by atoms with van der Waals surface area (Å²) in [5, 5.41) is 0. The lowest BCUT2D eigenvalue weighted by atomic mass is 9.62. The largest absolute Gasteiger partial charge is 0.274 e. The summed E-state index contributed by atoms with van der Waals surface area (Å²) in [6.07, 6.45) is 5.47. The molecule has 2 aromatic rings. The first-order valence-corrected chi connectivity index (χ1v) is 11.3. The summed E-state index contributed by atoms with van der Waals surface area (Å²) in [5.74, 6) is 0.793. The van der Waals surface area contributed by atoms with E-state index in [2.05, 4.69) is 19.1 Å². The highest BCUT2D eigenvalue weighted by molar-refractivity contribution is 8.01. The minimum atomic E-state index is -0.638. The number of nitrogens with zero attached hydrogens (tertiary/aromatic N) is 1. The second-order valence-corrected chi connectivity index (χ2v) is 9.14. The first-order valence-electron chi connectivity index (χ1n) is 10.3. The van der Waals surface area contributed by atoms with Gasteiger partial charge in [0.25, 0.3) is 5.91 Å². The number of carbonyl (C=O) groups is 2. The third-order valence-corrected chi connectivity index (χ3v) is 7.83. The number of hydrogen-bond donors (Lipinski definition) is 0. The Balaban J connectivity index is 1.64. The molecule has 3 atom stereocenters. The van der Waals surface area contributed by atoms with Crippen LogP contribution in [0.4, 0.5) is 5.69 Å². The van der Waals surface area contributed by atoms with Crippen molar-refractivity contribution in [3.05, 3.63) is 66.2 Å². The second kappa shape index (κ2) is 8.12. The third kappa shape index (κ3) is 3.08. The highest BCUT2D eigenvalue weighted by Gasteiger charge is 2.70. The molecule has 146 valence electrons. The Labute approximate surface area is 171 Å². The van der Waals surface area contributed by atoms with Crippen molar-refractivity contribution in [1.29, 1.82) is 0 Å². The lowest BCUT2D eigenvalue weighted by Gasteiger charge is -2.48. The summed E-state index contributed by atoms with van der Waals surface area (Å²) in [4.78, 5) is 28.3. The monoisotopic (exact) mass is 393 g/mol. The summed E-state index contributed by atoms with van der Waals surface area (Å²) in [6.45, 7) is 2.20. The molecule has 0 radical (unpaired) electrons. The van der Waals surface area contributed by atoms with E-state index in [0.29, 0.717) is 5.69 Å². The number of amides is 2. The molecule has 0 unspecified atom stereocenters. The van der Waals surface area contributed by atoms with Crippen molar-refractivity contribution in [3.63, 3.8) is 0 Å². The van der Waals surface area contributed by atoms with E-state index in [9.17, 15) is 9.59 Å². The predicted octanol–water partition coefficient (Wildman–Crippen LogP) is 5.42. The van der Waals surface area contributed by atoms with Gasteiger partial charge in [0.15, 0.2) is 0 Å². The average Bonchev–Trinajstić information content (AvgIpc) is 2.86. The molecular formula is C24H27NO2S. The first kappa shape index (κ1) is 19.3. The number of carbonyl (C=O) groups excluding carboxylic acids is 2. The predicted molar refractivity (Wildman–Crippen MR) is 116 cm³/mol. The van der Waals surface area contributed by atoms with Gasteiger partial charge in [0.1, 0.15) is 4.75 Å². The van der Waals surface area contributed by atoms with Crippen LogP contribution in [-0.2, 0) is 9.59 Å². The molecule has 4 rings (SSSR count). The molecule has 1 aliphatic heterocycles. The van der Waals surface area contributed by atoms with E-state index < -0.39 is 4.75 Å². The van der Waals surface area contributed by atoms with Crippen LogP contribution in [0.15, 0.2) is 60.7 Å². The molecule has 1 saturated carbocycles. The van der Waals surface area contributed by atoms with Gasteiger partial charge in [-0.25, -0.2) is 4.90 Å². The van der Waals surface area contributed by atoms with Crippen LogP contribution >= 0.6 is 11.8 Å². The fraction of sp³-hybridized carbons (Fsp3) is 0.417. The van der Waals surface area contributed by atoms with Crippen molar-refractivity contribution in [2.75, 3.05) is 10.7 Å². The molecule has 28 heavy (non-hydrogen) atoms. The molecule has 0 aromatic heterocycles. The highest BCUT2D eigenvalue weighted by atomic mass is 32.2. The van der Waals surface area contributed by atoms with Crippen molar-refractivity contribution in [2.24, 2.45) is 5.92 Å². The molecule has 0 N–H and O–H groups in total. The van der Waals surface area contributed by atoms with E-state index in [1.54, 1.807) is 11.8 Å². The molecule has 2 aliphatic rings. The summed E-state index contributed by atoms with van der Waals surface area (Å²) in [6, 6.07) is 19.7. The van der Waals surface area contributed by atoms with Gasteiger partial charge in [-0.3, -0.25) is 9.59 Å². The number of thioether (sulfide) groups is 1. The topological polar surface area (TPSA) is 37.4 Å². The van der Waals surface area contributed by atoms with Gasteiger partial charge in [-0.2, -0.15) is 0 Å². The number of anilines is 1. The van der Waals surface area contributed by atoms with Crippen LogP contribution in [0.25, 0.3) is 0 Å². The van der Waals surface area contributed by atoms with Gasteiger partial charge in [-0.15, -0.1) is 11.8 Å². The van der Waals surface area contributed by atoms with Gasteiger partial charge in [0.05, 0.1) is 11.6 Å². The Morgan fingerprint density at radius 3 is 2.29 bits per heavy atom. The normalized spacial score (nSPS) is 26.2. The molecule has 2 aromatic carbocycles. The van der Waals surface area contributed by atoms with E-state index >= 15 is 0 Å². The second-order valence-electron chi connectivity index (χ2n) is 7.77. The van der Waals surface area contributed by atoms with E-state index in [0.717, 1.165) is 18.6 Å². The van der Waals surface area contributed by atoms with Crippen molar-refractivity contribution in [3.8, 4) is 0 Å². The lowest BCUT2D eigenvalue weighted by Crippen LogP contribution is -2.54. The van der Waals surface area contributed by atoms with Gasteiger partial charge < -0.3 is 0 Å². The van der Waals surface area contributed by atoms with Crippen LogP contribution in [0.1, 0.15) is 50.5 Å². The SMILES string of the molecule is CCCCCCS[C@]12C(=O)N(c3ccccc3)C(=O)[C@H]1C[C@@H]2c1ccccc1. The maximum atomic E-state index is 13.7. The fourth-order valence-corrected chi connectivity index (χ4v) is 6.34. The van der Waals surface area contributed by atoms with Crippen molar-refractivity contribution < 1.29 is 9.59 Å². The molecule has 1 saturated heterocycles. The summed E-state index contributed by atoms with van der Waals surface area (Å²) < 4.78 is -0.638. The van der Waals surface area contributed by atoms with E-state index in [1.807, 2.05) is 48.5 Å². The van der Waals surface area contributed by atoms with Gasteiger partial charge >= 0.3 is 0 Å². The Hall–Kier alpha value is -2.07. The van der Waals surface area contributed by atoms with Crippen molar-refractivity contribution in [2.45, 2.75) is 49.7 Å². The Morgan fingerprint density at radius 2 is 1.61 bits per heavy atom. The van der Waals surface area contributed by atoms with Gasteiger partial charge in [-0.05, 0) is 36.3 Å². The summed E-state index contributed by atoms with van der Waals surface area (Å²) >= 11 is 1.73. The molecule has 3 nitrogen and oxygen atoms in total. The molecule has 4 heteroatoms. The lowest BCUT2D eigenvalue weighted by molar-refractivity contribution is -0.123. The van der Waals surface area contributed by atoms with E-state index in [4.69, 9.17) is 0 Å². The van der Waals surface area contributed by atoms with Crippen LogP contribution in [0, 0.1) is 5.92 Å². The van der Waals surface area contributed by atoms with E-state index in [1.165, 1.54) is 29.7 Å². The van der Waals surface area contributed by atoms with E-state index in [-0.39, 0.29) is 23.7 Å². The third-order valence-electron chi connectivity index (χ3n) is 6.12. The van der Waals surface area contributed by atoms with Crippen LogP contribution in [0.2, 0.25) is 0 Å². The van der Waals surface area contributed by atoms with Crippen molar-refractivity contribution in [1.82, 2.24) is 0 Å². The number of imide groups is 1. The molecule has 1 heterocycles. The molecule has 1 aliphatic carbocycles. The van der Waals surface area contributed by atoms with Gasteiger partial charge in [-0.1, -0.05) is 74.7 Å². The summed E-state index contributed by atoms with van der Waals surface area (Å²) in [5.41, 5.74) is 1.88. The number of rotatable bonds is 8. The Morgan fingerprint density at radius 1 is 0.929 bits per heavy atom. The zero-order chi connectivity index (χ0) is 19.6. The minimum absolute atomic E-state index is 0.0192. The number of benzene rings is 2. The Kier molecular flexibility index (Phi) is 5.58. The Bertz CT molecular complexity index is 838. The average molecular weight is 394 g/mol. The first-order chi connectivity index (χ1) is 13.7. The fourth-order valence-electron chi connectivity index (χ4n) is 4.60. The highest BCUT2D eigenvalue weighted by Crippen LogP contribution is 2.63. The maximum Gasteiger partial charge on any atom is 0.251 e. The van der Waals surface area contributed by atoms with Crippen LogP contribution in [-0.4, -0.2) is 22.3 Å². The minimum Gasteiger partial charge on any atom is -0.274 e. The number of unbranched alkanes of at least 4 members (excludes halogenated alkanes) is 3. The standard InChI is InChI=1S/C24H27NO2S/c1-2-3-4-11-16-28-24-20(18-12-7-5-8-13-18)17-21(24)22(26)25(23(24)27)19-14-9-6-10-15-19/h5-10,12-15,20-21H,2-4,11,16-17H2,1H3/t20-,21-,24+/m1/s1. The molecule has 2 fully saturated rings. The van der Waals surface area contributed by atoms with Crippen LogP contribution in [0.3, 0.4) is 0 Å². The molecular weight excluding hydrogens is 366 g/mol. The van der Waals surface area contributed by atoms with Crippen molar-refractivity contribution >= 4 is 29.3 Å². The van der Waals surface area contributed by atoms with Gasteiger partial charge in [0, 0.05) is 5.92 Å². The number of fused-ring (bicyclic) bond motifs is 1. The maximum absolute atomic E-state index is 13.7.